The Morgan fingerprint density at radius 2 is 1.73 bits per heavy atom. The fraction of sp³-hybridized carbons (Fsp3) is 0.640. The van der Waals surface area contributed by atoms with Crippen molar-refractivity contribution < 1.29 is 19.1 Å². The molecule has 2 fully saturated rings. The summed E-state index contributed by atoms with van der Waals surface area (Å²) in [6.07, 6.45) is 4.52. The van der Waals surface area contributed by atoms with E-state index in [0.717, 1.165) is 54.4 Å². The number of ether oxygens (including phenoxy) is 1. The van der Waals surface area contributed by atoms with Gasteiger partial charge in [-0.25, -0.2) is 4.79 Å². The van der Waals surface area contributed by atoms with Crippen LogP contribution in [0.15, 0.2) is 12.1 Å². The third-order valence-corrected chi connectivity index (χ3v) is 6.70. The number of ketones is 2. The molecule has 0 bridgehead atoms. The molecule has 1 saturated heterocycles. The van der Waals surface area contributed by atoms with Gasteiger partial charge in [-0.15, -0.1) is 0 Å². The third kappa shape index (κ3) is 4.93. The van der Waals surface area contributed by atoms with E-state index in [0.29, 0.717) is 32.0 Å². The van der Waals surface area contributed by atoms with Crippen LogP contribution >= 0.6 is 0 Å². The van der Waals surface area contributed by atoms with Gasteiger partial charge < -0.3 is 9.64 Å². The highest BCUT2D eigenvalue weighted by atomic mass is 16.6. The molecular formula is C25H35NO4. The largest absolute Gasteiger partial charge is 0.449 e. The first kappa shape index (κ1) is 22.5. The fourth-order valence-corrected chi connectivity index (χ4v) is 5.15. The molecule has 1 aliphatic heterocycles. The lowest BCUT2D eigenvalue weighted by molar-refractivity contribution is -0.125. The Morgan fingerprint density at radius 1 is 1.10 bits per heavy atom. The summed E-state index contributed by atoms with van der Waals surface area (Å²) in [6.45, 7) is 9.93. The van der Waals surface area contributed by atoms with Crippen molar-refractivity contribution in [2.45, 2.75) is 72.1 Å². The zero-order valence-electron chi connectivity index (χ0n) is 18.8. The maximum absolute atomic E-state index is 13.2. The minimum atomic E-state index is -0.593. The van der Waals surface area contributed by atoms with Crippen LogP contribution in [-0.4, -0.2) is 42.3 Å². The number of carbonyl (C=O) groups is 3. The molecule has 1 amide bonds. The Balaban J connectivity index is 1.57. The highest BCUT2D eigenvalue weighted by Gasteiger charge is 2.44. The predicted molar refractivity (Wildman–Crippen MR) is 117 cm³/mol. The molecule has 30 heavy (non-hydrogen) atoms. The van der Waals surface area contributed by atoms with Crippen LogP contribution in [0.5, 0.6) is 0 Å². The number of rotatable bonds is 6. The first-order valence-electron chi connectivity index (χ1n) is 11.4. The summed E-state index contributed by atoms with van der Waals surface area (Å²) < 4.78 is 5.30. The van der Waals surface area contributed by atoms with E-state index < -0.39 is 5.92 Å². The molecule has 0 aromatic heterocycles. The van der Waals surface area contributed by atoms with E-state index in [-0.39, 0.29) is 23.6 Å². The minimum Gasteiger partial charge on any atom is -0.449 e. The number of piperidine rings is 1. The summed E-state index contributed by atoms with van der Waals surface area (Å²) in [5.74, 6) is -0.237. The molecule has 164 valence electrons. The number of hydrogen-bond donors (Lipinski definition) is 0. The molecule has 1 aromatic carbocycles. The summed E-state index contributed by atoms with van der Waals surface area (Å²) in [5.41, 5.74) is 4.15. The average molecular weight is 414 g/mol. The van der Waals surface area contributed by atoms with E-state index in [4.69, 9.17) is 4.74 Å². The Morgan fingerprint density at radius 3 is 2.33 bits per heavy atom. The van der Waals surface area contributed by atoms with Crippen LogP contribution in [-0.2, 0) is 14.3 Å². The molecule has 2 aliphatic rings. The molecule has 0 radical (unpaired) electrons. The van der Waals surface area contributed by atoms with Crippen LogP contribution in [0, 0.1) is 32.6 Å². The standard InChI is InChI=1S/C25H35NO4/c1-5-6-11-30-25(29)26-9-7-19(8-10-26)14-20-15-21(27)23(24(20)28)22-17(3)12-16(2)13-18(22)4/h12-13,19-20,23H,5-11,14-15H2,1-4H3. The van der Waals surface area contributed by atoms with Gasteiger partial charge in [0.2, 0.25) is 0 Å². The van der Waals surface area contributed by atoms with Gasteiger partial charge in [0.05, 0.1) is 6.61 Å². The SMILES string of the molecule is CCCCOC(=O)N1CCC(CC2CC(=O)C(c3c(C)cc(C)cc3C)C2=O)CC1. The van der Waals surface area contributed by atoms with E-state index in [2.05, 4.69) is 19.1 Å². The van der Waals surface area contributed by atoms with Crippen LogP contribution in [0.3, 0.4) is 0 Å². The Kier molecular flexibility index (Phi) is 7.32. The highest BCUT2D eigenvalue weighted by Crippen LogP contribution is 2.39. The lowest BCUT2D eigenvalue weighted by Gasteiger charge is -2.32. The molecule has 0 N–H and O–H groups in total. The first-order valence-corrected chi connectivity index (χ1v) is 11.4. The monoisotopic (exact) mass is 413 g/mol. The van der Waals surface area contributed by atoms with Crippen molar-refractivity contribution in [1.29, 1.82) is 0 Å². The van der Waals surface area contributed by atoms with Gasteiger partial charge in [0.25, 0.3) is 0 Å². The average Bonchev–Trinajstić information content (AvgIpc) is 2.96. The normalized spacial score (nSPS) is 22.6. The van der Waals surface area contributed by atoms with Gasteiger partial charge in [-0.2, -0.15) is 0 Å². The highest BCUT2D eigenvalue weighted by molar-refractivity contribution is 6.15. The zero-order chi connectivity index (χ0) is 21.8. The van der Waals surface area contributed by atoms with Gasteiger partial charge >= 0.3 is 6.09 Å². The molecule has 2 atom stereocenters. The Labute approximate surface area is 180 Å². The molecule has 0 spiro atoms. The topological polar surface area (TPSA) is 63.7 Å². The van der Waals surface area contributed by atoms with E-state index in [1.165, 1.54) is 0 Å². The molecule has 3 rings (SSSR count). The lowest BCUT2D eigenvalue weighted by Crippen LogP contribution is -2.39. The van der Waals surface area contributed by atoms with Gasteiger partial charge in [-0.1, -0.05) is 31.0 Å². The van der Waals surface area contributed by atoms with E-state index in [1.54, 1.807) is 4.90 Å². The van der Waals surface area contributed by atoms with Crippen LogP contribution in [0.4, 0.5) is 4.79 Å². The number of amides is 1. The van der Waals surface area contributed by atoms with Gasteiger partial charge in [0.1, 0.15) is 11.7 Å². The number of unbranched alkanes of at least 4 members (excludes halogenated alkanes) is 1. The molecule has 2 unspecified atom stereocenters. The lowest BCUT2D eigenvalue weighted by atomic mass is 9.83. The summed E-state index contributed by atoms with van der Waals surface area (Å²) in [6, 6.07) is 4.12. The second kappa shape index (κ2) is 9.76. The fourth-order valence-electron chi connectivity index (χ4n) is 5.15. The van der Waals surface area contributed by atoms with Gasteiger partial charge in [-0.05, 0) is 69.1 Å². The third-order valence-electron chi connectivity index (χ3n) is 6.70. The minimum absolute atomic E-state index is 0.0667. The van der Waals surface area contributed by atoms with Crippen LogP contribution in [0.2, 0.25) is 0 Å². The van der Waals surface area contributed by atoms with Crippen molar-refractivity contribution >= 4 is 17.7 Å². The van der Waals surface area contributed by atoms with Crippen LogP contribution in [0.25, 0.3) is 0 Å². The molecule has 1 aliphatic carbocycles. The number of benzene rings is 1. The van der Waals surface area contributed by atoms with E-state index in [1.807, 2.05) is 20.8 Å². The second-order valence-electron chi connectivity index (χ2n) is 9.15. The van der Waals surface area contributed by atoms with Gasteiger partial charge in [0, 0.05) is 25.4 Å². The summed E-state index contributed by atoms with van der Waals surface area (Å²) in [5, 5.41) is 0. The summed E-state index contributed by atoms with van der Waals surface area (Å²) in [4.78, 5) is 39.9. The maximum Gasteiger partial charge on any atom is 0.409 e. The predicted octanol–water partition coefficient (Wildman–Crippen LogP) is 4.89. The Bertz CT molecular complexity index is 784. The molecule has 1 heterocycles. The van der Waals surface area contributed by atoms with Crippen molar-refractivity contribution in [1.82, 2.24) is 4.90 Å². The molecule has 1 saturated carbocycles. The second-order valence-corrected chi connectivity index (χ2v) is 9.15. The number of nitrogens with zero attached hydrogens (tertiary/aromatic N) is 1. The number of hydrogen-bond acceptors (Lipinski definition) is 4. The zero-order valence-corrected chi connectivity index (χ0v) is 18.8. The van der Waals surface area contributed by atoms with Crippen molar-refractivity contribution in [3.8, 4) is 0 Å². The smallest absolute Gasteiger partial charge is 0.409 e. The number of Topliss-reactive ketones (excluding diaryl/α,β-unsaturated/α-hetero) is 2. The number of likely N-dealkylation sites (tertiary alicyclic amines) is 1. The summed E-state index contributed by atoms with van der Waals surface area (Å²) in [7, 11) is 0. The first-order chi connectivity index (χ1) is 14.3. The van der Waals surface area contributed by atoms with Crippen molar-refractivity contribution in [2.75, 3.05) is 19.7 Å². The number of aryl methyl sites for hydroxylation is 3. The molecule has 1 aromatic rings. The van der Waals surface area contributed by atoms with Crippen molar-refractivity contribution in [3.05, 3.63) is 34.4 Å². The van der Waals surface area contributed by atoms with Gasteiger partial charge in [0.15, 0.2) is 5.78 Å². The Hall–Kier alpha value is -2.17. The van der Waals surface area contributed by atoms with Crippen molar-refractivity contribution in [2.24, 2.45) is 11.8 Å². The number of carbonyl (C=O) groups excluding carboxylic acids is 3. The molecule has 5 nitrogen and oxygen atoms in total. The summed E-state index contributed by atoms with van der Waals surface area (Å²) >= 11 is 0. The maximum atomic E-state index is 13.2. The van der Waals surface area contributed by atoms with Crippen LogP contribution < -0.4 is 0 Å². The van der Waals surface area contributed by atoms with E-state index in [9.17, 15) is 14.4 Å². The van der Waals surface area contributed by atoms with Crippen LogP contribution in [0.1, 0.15) is 73.6 Å². The van der Waals surface area contributed by atoms with Crippen molar-refractivity contribution in [3.63, 3.8) is 0 Å². The molecule has 5 heteroatoms. The molecular weight excluding hydrogens is 378 g/mol. The van der Waals surface area contributed by atoms with Gasteiger partial charge in [-0.3, -0.25) is 9.59 Å². The van der Waals surface area contributed by atoms with E-state index >= 15 is 0 Å². The quantitative estimate of drug-likeness (QED) is 0.492.